The van der Waals surface area contributed by atoms with Crippen LogP contribution in [0.3, 0.4) is 0 Å². The number of imidazole rings is 1. The molecule has 6 heteroatoms. The number of amides is 1. The topological polar surface area (TPSA) is 67.0 Å². The SMILES string of the molecule is CCCCCCCNC(=O)OCCCCCSc1nc(-c2ccccc2)c(-c2ccccc2)[nH]1. The predicted molar refractivity (Wildman–Crippen MR) is 142 cm³/mol. The maximum absolute atomic E-state index is 11.7. The minimum Gasteiger partial charge on any atom is -0.450 e. The molecule has 0 saturated heterocycles. The Hall–Kier alpha value is -2.73. The Morgan fingerprint density at radius 2 is 1.56 bits per heavy atom. The first-order chi connectivity index (χ1) is 16.8. The minimum atomic E-state index is -0.290. The van der Waals surface area contributed by atoms with Crippen molar-refractivity contribution in [1.29, 1.82) is 0 Å². The van der Waals surface area contributed by atoms with Gasteiger partial charge in [-0.2, -0.15) is 0 Å². The Kier molecular flexibility index (Phi) is 11.6. The summed E-state index contributed by atoms with van der Waals surface area (Å²) in [5.74, 6) is 0.972. The number of thioether (sulfide) groups is 1. The van der Waals surface area contributed by atoms with E-state index in [2.05, 4.69) is 41.5 Å². The van der Waals surface area contributed by atoms with Crippen molar-refractivity contribution in [1.82, 2.24) is 15.3 Å². The molecule has 5 nitrogen and oxygen atoms in total. The number of carbonyl (C=O) groups is 1. The summed E-state index contributed by atoms with van der Waals surface area (Å²) in [7, 11) is 0. The molecule has 0 atom stereocenters. The molecule has 0 fully saturated rings. The Morgan fingerprint density at radius 1 is 0.882 bits per heavy atom. The van der Waals surface area contributed by atoms with Crippen LogP contribution in [-0.4, -0.2) is 35.0 Å². The van der Waals surface area contributed by atoms with E-state index in [1.807, 2.05) is 36.4 Å². The number of hydrogen-bond donors (Lipinski definition) is 2. The van der Waals surface area contributed by atoms with Crippen LogP contribution in [0.5, 0.6) is 0 Å². The highest BCUT2D eigenvalue weighted by molar-refractivity contribution is 7.99. The molecule has 182 valence electrons. The largest absolute Gasteiger partial charge is 0.450 e. The number of alkyl carbamates (subject to hydrolysis) is 1. The molecule has 0 saturated carbocycles. The number of aromatic amines is 1. The van der Waals surface area contributed by atoms with E-state index in [0.29, 0.717) is 13.2 Å². The van der Waals surface area contributed by atoms with Crippen LogP contribution in [0, 0.1) is 0 Å². The summed E-state index contributed by atoms with van der Waals surface area (Å²) in [5, 5.41) is 3.78. The molecule has 1 aromatic heterocycles. The van der Waals surface area contributed by atoms with Crippen molar-refractivity contribution in [2.24, 2.45) is 0 Å². The van der Waals surface area contributed by atoms with E-state index >= 15 is 0 Å². The summed E-state index contributed by atoms with van der Waals surface area (Å²) >= 11 is 1.74. The molecule has 3 rings (SSSR count). The minimum absolute atomic E-state index is 0.290. The third-order valence-electron chi connectivity index (χ3n) is 5.60. The Balaban J connectivity index is 1.36. The fourth-order valence-electron chi connectivity index (χ4n) is 3.72. The van der Waals surface area contributed by atoms with Crippen molar-refractivity contribution in [3.63, 3.8) is 0 Å². The average Bonchev–Trinajstić information content (AvgIpc) is 3.31. The number of H-pyrrole nitrogens is 1. The number of nitrogens with zero attached hydrogens (tertiary/aromatic N) is 1. The zero-order chi connectivity index (χ0) is 23.8. The summed E-state index contributed by atoms with van der Waals surface area (Å²) in [4.78, 5) is 20.1. The van der Waals surface area contributed by atoms with E-state index in [1.54, 1.807) is 11.8 Å². The summed E-state index contributed by atoms with van der Waals surface area (Å²) < 4.78 is 5.28. The number of carbonyl (C=O) groups excluding carboxylic acids is 1. The van der Waals surface area contributed by atoms with Gasteiger partial charge < -0.3 is 15.0 Å². The molecule has 1 amide bonds. The first kappa shape index (κ1) is 25.9. The third-order valence-corrected chi connectivity index (χ3v) is 6.56. The van der Waals surface area contributed by atoms with Gasteiger partial charge in [-0.3, -0.25) is 0 Å². The van der Waals surface area contributed by atoms with Crippen molar-refractivity contribution >= 4 is 17.9 Å². The number of nitrogens with one attached hydrogen (secondary N) is 2. The molecule has 0 unspecified atom stereocenters. The lowest BCUT2D eigenvalue weighted by Gasteiger charge is -2.06. The van der Waals surface area contributed by atoms with Crippen molar-refractivity contribution in [3.05, 3.63) is 60.7 Å². The van der Waals surface area contributed by atoms with Crippen molar-refractivity contribution in [3.8, 4) is 22.5 Å². The fourth-order valence-corrected chi connectivity index (χ4v) is 4.60. The molecule has 2 aromatic carbocycles. The van der Waals surface area contributed by atoms with E-state index in [1.165, 1.54) is 25.7 Å². The van der Waals surface area contributed by atoms with E-state index in [9.17, 15) is 4.79 Å². The maximum Gasteiger partial charge on any atom is 0.407 e. The molecule has 34 heavy (non-hydrogen) atoms. The summed E-state index contributed by atoms with van der Waals surface area (Å²) in [6.45, 7) is 3.39. The number of unbranched alkanes of at least 4 members (excludes halogenated alkanes) is 6. The smallest absolute Gasteiger partial charge is 0.407 e. The van der Waals surface area contributed by atoms with Gasteiger partial charge in [-0.05, 0) is 25.7 Å². The van der Waals surface area contributed by atoms with Crippen molar-refractivity contribution < 1.29 is 9.53 Å². The maximum atomic E-state index is 11.7. The highest BCUT2D eigenvalue weighted by atomic mass is 32.2. The van der Waals surface area contributed by atoms with Crippen LogP contribution in [0.15, 0.2) is 65.8 Å². The third kappa shape index (κ3) is 8.90. The van der Waals surface area contributed by atoms with Crippen LogP contribution in [0.1, 0.15) is 58.3 Å². The van der Waals surface area contributed by atoms with Gasteiger partial charge in [0.1, 0.15) is 0 Å². The molecule has 0 bridgehead atoms. The number of ether oxygens (including phenoxy) is 1. The number of benzene rings is 2. The monoisotopic (exact) mass is 479 g/mol. The molecular weight excluding hydrogens is 442 g/mol. The zero-order valence-corrected chi connectivity index (χ0v) is 21.0. The van der Waals surface area contributed by atoms with E-state index in [-0.39, 0.29) is 6.09 Å². The van der Waals surface area contributed by atoms with Gasteiger partial charge in [-0.15, -0.1) is 0 Å². The highest BCUT2D eigenvalue weighted by Crippen LogP contribution is 2.32. The Labute approximate surface area is 208 Å². The number of hydrogen-bond acceptors (Lipinski definition) is 4. The van der Waals surface area contributed by atoms with Gasteiger partial charge in [-0.25, -0.2) is 9.78 Å². The van der Waals surface area contributed by atoms with Crippen LogP contribution >= 0.6 is 11.8 Å². The van der Waals surface area contributed by atoms with Crippen molar-refractivity contribution in [2.45, 2.75) is 63.4 Å². The van der Waals surface area contributed by atoms with Gasteiger partial charge in [0.25, 0.3) is 0 Å². The van der Waals surface area contributed by atoms with E-state index < -0.39 is 0 Å². The average molecular weight is 480 g/mol. The predicted octanol–water partition coefficient (Wildman–Crippen LogP) is 7.70. The second-order valence-corrected chi connectivity index (χ2v) is 9.47. The lowest BCUT2D eigenvalue weighted by atomic mass is 10.1. The van der Waals surface area contributed by atoms with Gasteiger partial charge in [0.2, 0.25) is 0 Å². The Morgan fingerprint density at radius 3 is 2.29 bits per heavy atom. The number of rotatable bonds is 15. The van der Waals surface area contributed by atoms with Crippen LogP contribution in [0.4, 0.5) is 4.79 Å². The van der Waals surface area contributed by atoms with Crippen LogP contribution < -0.4 is 5.32 Å². The second kappa shape index (κ2) is 15.2. The molecule has 2 N–H and O–H groups in total. The molecule has 0 spiro atoms. The Bertz CT molecular complexity index is 903. The van der Waals surface area contributed by atoms with Crippen LogP contribution in [-0.2, 0) is 4.74 Å². The fraction of sp³-hybridized carbons (Fsp3) is 0.429. The van der Waals surface area contributed by atoms with Crippen LogP contribution in [0.25, 0.3) is 22.5 Å². The molecule has 0 aliphatic heterocycles. The molecule has 3 aromatic rings. The lowest BCUT2D eigenvalue weighted by Crippen LogP contribution is -2.25. The first-order valence-electron chi connectivity index (χ1n) is 12.5. The van der Waals surface area contributed by atoms with Gasteiger partial charge >= 0.3 is 6.09 Å². The molecule has 0 aliphatic carbocycles. The summed E-state index contributed by atoms with van der Waals surface area (Å²) in [6.07, 6.45) is 8.60. The van der Waals surface area contributed by atoms with Gasteiger partial charge in [0.15, 0.2) is 5.16 Å². The van der Waals surface area contributed by atoms with Crippen molar-refractivity contribution in [2.75, 3.05) is 18.9 Å². The zero-order valence-electron chi connectivity index (χ0n) is 20.2. The van der Waals surface area contributed by atoms with E-state index in [4.69, 9.17) is 9.72 Å². The molecule has 0 radical (unpaired) electrons. The van der Waals surface area contributed by atoms with Crippen LogP contribution in [0.2, 0.25) is 0 Å². The second-order valence-electron chi connectivity index (χ2n) is 8.38. The van der Waals surface area contributed by atoms with Gasteiger partial charge in [0, 0.05) is 23.4 Å². The molecule has 0 aliphatic rings. The lowest BCUT2D eigenvalue weighted by molar-refractivity contribution is 0.144. The summed E-state index contributed by atoms with van der Waals surface area (Å²) in [6, 6.07) is 20.6. The first-order valence-corrected chi connectivity index (χ1v) is 13.5. The van der Waals surface area contributed by atoms with Gasteiger partial charge in [0.05, 0.1) is 18.0 Å². The number of aromatic nitrogens is 2. The van der Waals surface area contributed by atoms with Gasteiger partial charge in [-0.1, -0.05) is 105 Å². The summed E-state index contributed by atoms with van der Waals surface area (Å²) in [5.41, 5.74) is 4.29. The highest BCUT2D eigenvalue weighted by Gasteiger charge is 2.14. The standard InChI is InChI=1S/C28H37N3O2S/c1-2-3-4-5-13-20-29-28(32)33-21-14-8-15-22-34-27-30-25(23-16-9-6-10-17-23)26(31-27)24-18-11-7-12-19-24/h6-7,9-12,16-19H,2-5,8,13-15,20-22H2,1H3,(H,29,32)(H,30,31). The quantitative estimate of drug-likeness (QED) is 0.173. The molecular formula is C28H37N3O2S. The normalized spacial score (nSPS) is 10.9. The molecule has 1 heterocycles. The van der Waals surface area contributed by atoms with E-state index in [0.717, 1.165) is 59.1 Å².